The van der Waals surface area contributed by atoms with Crippen molar-refractivity contribution >= 4 is 34.4 Å². The van der Waals surface area contributed by atoms with Crippen LogP contribution in [0.3, 0.4) is 0 Å². The molecule has 0 bridgehead atoms. The molecule has 1 heterocycles. The highest BCUT2D eigenvalue weighted by Gasteiger charge is 2.13. The first kappa shape index (κ1) is 16.2. The zero-order valence-electron chi connectivity index (χ0n) is 13.2. The van der Waals surface area contributed by atoms with Crippen LogP contribution in [0.2, 0.25) is 0 Å². The summed E-state index contributed by atoms with van der Waals surface area (Å²) in [7, 11) is 0. The van der Waals surface area contributed by atoms with Crippen molar-refractivity contribution in [3.63, 3.8) is 0 Å². The number of H-pyrrole nitrogens is 1. The number of aromatic amines is 1. The van der Waals surface area contributed by atoms with Crippen molar-refractivity contribution in [1.29, 1.82) is 0 Å². The van der Waals surface area contributed by atoms with Gasteiger partial charge in [-0.1, -0.05) is 24.1 Å². The van der Waals surface area contributed by atoms with E-state index in [0.717, 1.165) is 22.4 Å². The molecule has 0 unspecified atom stereocenters. The summed E-state index contributed by atoms with van der Waals surface area (Å²) in [6, 6.07) is 15.2. The molecule has 3 aromatic rings. The number of amides is 1. The molecule has 1 aromatic heterocycles. The van der Waals surface area contributed by atoms with E-state index in [1.54, 1.807) is 6.07 Å². The van der Waals surface area contributed by atoms with Crippen molar-refractivity contribution in [3.05, 3.63) is 59.9 Å². The number of para-hydroxylation sites is 2. The maximum atomic E-state index is 12.1. The lowest BCUT2D eigenvalue weighted by Gasteiger charge is -2.09. The predicted molar refractivity (Wildman–Crippen MR) is 100.0 cm³/mol. The molecule has 0 saturated carbocycles. The predicted octanol–water partition coefficient (Wildman–Crippen LogP) is 3.98. The first-order valence-corrected chi connectivity index (χ1v) is 8.63. The van der Waals surface area contributed by atoms with Crippen LogP contribution >= 0.6 is 11.8 Å². The maximum Gasteiger partial charge on any atom is 0.234 e. The van der Waals surface area contributed by atoms with Crippen LogP contribution in [-0.2, 0) is 4.79 Å². The standard InChI is InChI=1S/C19H17N3OS/c1-3-14-7-6-8-15(11-14)20-18(23)12-24-13(2)19-21-16-9-4-5-10-17(16)22-19/h1,4-11,13H,12H2,2H3,(H,20,23)(H,21,22)/t13-/m0/s1. The van der Waals surface area contributed by atoms with E-state index in [1.807, 2.05) is 49.4 Å². The SMILES string of the molecule is C#Cc1cccc(NC(=O)CS[C@@H](C)c2nc3ccccc3[nH]2)c1. The average Bonchev–Trinajstić information content (AvgIpc) is 3.04. The average molecular weight is 335 g/mol. The van der Waals surface area contributed by atoms with Crippen LogP contribution in [0.15, 0.2) is 48.5 Å². The van der Waals surface area contributed by atoms with Gasteiger partial charge in [-0.15, -0.1) is 18.2 Å². The van der Waals surface area contributed by atoms with E-state index in [0.29, 0.717) is 11.4 Å². The molecular weight excluding hydrogens is 318 g/mol. The molecule has 1 amide bonds. The molecule has 4 nitrogen and oxygen atoms in total. The second-order valence-electron chi connectivity index (χ2n) is 5.37. The summed E-state index contributed by atoms with van der Waals surface area (Å²) in [5.74, 6) is 3.72. The maximum absolute atomic E-state index is 12.1. The van der Waals surface area contributed by atoms with Gasteiger partial charge in [-0.25, -0.2) is 4.98 Å². The van der Waals surface area contributed by atoms with Gasteiger partial charge in [0.15, 0.2) is 0 Å². The minimum atomic E-state index is -0.0582. The largest absolute Gasteiger partial charge is 0.341 e. The molecule has 2 aromatic carbocycles. The molecule has 120 valence electrons. The Kier molecular flexibility index (Phi) is 4.88. The molecule has 5 heteroatoms. The number of fused-ring (bicyclic) bond motifs is 1. The number of thioether (sulfide) groups is 1. The lowest BCUT2D eigenvalue weighted by atomic mass is 10.2. The lowest BCUT2D eigenvalue weighted by Crippen LogP contribution is -2.14. The molecule has 0 radical (unpaired) electrons. The first-order valence-electron chi connectivity index (χ1n) is 7.58. The summed E-state index contributed by atoms with van der Waals surface area (Å²) in [6.07, 6.45) is 5.37. The highest BCUT2D eigenvalue weighted by atomic mass is 32.2. The Morgan fingerprint density at radius 3 is 2.96 bits per heavy atom. The third-order valence-electron chi connectivity index (χ3n) is 3.57. The smallest absolute Gasteiger partial charge is 0.234 e. The van der Waals surface area contributed by atoms with Gasteiger partial charge in [0.05, 0.1) is 22.0 Å². The number of nitrogens with one attached hydrogen (secondary N) is 2. The number of nitrogens with zero attached hydrogens (tertiary/aromatic N) is 1. The number of benzene rings is 2. The fraction of sp³-hybridized carbons (Fsp3) is 0.158. The molecule has 3 rings (SSSR count). The van der Waals surface area contributed by atoms with E-state index in [2.05, 4.69) is 21.2 Å². The van der Waals surface area contributed by atoms with E-state index in [4.69, 9.17) is 6.42 Å². The molecule has 2 N–H and O–H groups in total. The Morgan fingerprint density at radius 2 is 2.17 bits per heavy atom. The zero-order chi connectivity index (χ0) is 16.9. The molecule has 0 fully saturated rings. The van der Waals surface area contributed by atoms with E-state index in [1.165, 1.54) is 11.8 Å². The van der Waals surface area contributed by atoms with E-state index in [9.17, 15) is 4.79 Å². The van der Waals surface area contributed by atoms with Crippen molar-refractivity contribution in [1.82, 2.24) is 9.97 Å². The Morgan fingerprint density at radius 1 is 1.33 bits per heavy atom. The normalized spacial score (nSPS) is 11.8. The van der Waals surface area contributed by atoms with Gasteiger partial charge in [-0.3, -0.25) is 4.79 Å². The van der Waals surface area contributed by atoms with Gasteiger partial charge in [-0.2, -0.15) is 0 Å². The summed E-state index contributed by atoms with van der Waals surface area (Å²) in [5, 5.41) is 2.96. The van der Waals surface area contributed by atoms with Crippen molar-refractivity contribution in [2.45, 2.75) is 12.2 Å². The Bertz CT molecular complexity index is 877. The van der Waals surface area contributed by atoms with E-state index in [-0.39, 0.29) is 11.2 Å². The molecule has 0 saturated heterocycles. The minimum absolute atomic E-state index is 0.0582. The van der Waals surface area contributed by atoms with Gasteiger partial charge in [-0.05, 0) is 37.3 Å². The van der Waals surface area contributed by atoms with Crippen molar-refractivity contribution in [2.24, 2.45) is 0 Å². The highest BCUT2D eigenvalue weighted by molar-refractivity contribution is 8.00. The molecular formula is C19H17N3OS. The van der Waals surface area contributed by atoms with E-state index < -0.39 is 0 Å². The molecule has 0 aliphatic rings. The van der Waals surface area contributed by atoms with Gasteiger partial charge in [0.1, 0.15) is 5.82 Å². The van der Waals surface area contributed by atoms with Crippen LogP contribution in [0.5, 0.6) is 0 Å². The molecule has 1 atom stereocenters. The Labute approximate surface area is 145 Å². The van der Waals surface area contributed by atoms with Gasteiger partial charge >= 0.3 is 0 Å². The Hall–Kier alpha value is -2.71. The van der Waals surface area contributed by atoms with Crippen LogP contribution in [0, 0.1) is 12.3 Å². The summed E-state index contributed by atoms with van der Waals surface area (Å²) >= 11 is 1.54. The second kappa shape index (κ2) is 7.24. The van der Waals surface area contributed by atoms with Crippen LogP contribution in [0.25, 0.3) is 11.0 Å². The molecule has 0 aliphatic carbocycles. The van der Waals surface area contributed by atoms with Crippen molar-refractivity contribution in [3.8, 4) is 12.3 Å². The van der Waals surface area contributed by atoms with Gasteiger partial charge in [0, 0.05) is 11.3 Å². The topological polar surface area (TPSA) is 57.8 Å². The number of anilines is 1. The van der Waals surface area contributed by atoms with Crippen LogP contribution in [0.1, 0.15) is 23.6 Å². The molecule has 0 spiro atoms. The van der Waals surface area contributed by atoms with Crippen LogP contribution in [-0.4, -0.2) is 21.6 Å². The number of aromatic nitrogens is 2. The Balaban J connectivity index is 1.58. The third-order valence-corrected chi connectivity index (χ3v) is 4.72. The summed E-state index contributed by atoms with van der Waals surface area (Å²) in [4.78, 5) is 20.0. The number of carbonyl (C=O) groups excluding carboxylic acids is 1. The quantitative estimate of drug-likeness (QED) is 0.694. The van der Waals surface area contributed by atoms with Gasteiger partial charge in [0.2, 0.25) is 5.91 Å². The number of hydrogen-bond acceptors (Lipinski definition) is 3. The van der Waals surface area contributed by atoms with E-state index >= 15 is 0 Å². The number of imidazole rings is 1. The fourth-order valence-electron chi connectivity index (χ4n) is 2.33. The van der Waals surface area contributed by atoms with Crippen molar-refractivity contribution in [2.75, 3.05) is 11.1 Å². The van der Waals surface area contributed by atoms with Crippen LogP contribution < -0.4 is 5.32 Å². The van der Waals surface area contributed by atoms with Crippen LogP contribution in [0.4, 0.5) is 5.69 Å². The third kappa shape index (κ3) is 3.79. The lowest BCUT2D eigenvalue weighted by molar-refractivity contribution is -0.113. The first-order chi connectivity index (χ1) is 11.7. The summed E-state index contributed by atoms with van der Waals surface area (Å²) in [5.41, 5.74) is 3.41. The fourth-order valence-corrected chi connectivity index (χ4v) is 3.07. The molecule has 24 heavy (non-hydrogen) atoms. The number of rotatable bonds is 5. The number of hydrogen-bond donors (Lipinski definition) is 2. The molecule has 0 aliphatic heterocycles. The van der Waals surface area contributed by atoms with Crippen molar-refractivity contribution < 1.29 is 4.79 Å². The minimum Gasteiger partial charge on any atom is -0.341 e. The monoisotopic (exact) mass is 335 g/mol. The number of terminal acetylenes is 1. The summed E-state index contributed by atoms with van der Waals surface area (Å²) in [6.45, 7) is 2.04. The van der Waals surface area contributed by atoms with Gasteiger partial charge < -0.3 is 10.3 Å². The zero-order valence-corrected chi connectivity index (χ0v) is 14.1. The summed E-state index contributed by atoms with van der Waals surface area (Å²) < 4.78 is 0. The van der Waals surface area contributed by atoms with Gasteiger partial charge in [0.25, 0.3) is 0 Å². The highest BCUT2D eigenvalue weighted by Crippen LogP contribution is 2.27. The number of carbonyl (C=O) groups is 1. The second-order valence-corrected chi connectivity index (χ2v) is 6.69.